The number of hydrogen-bond acceptors (Lipinski definition) is 3. The Morgan fingerprint density at radius 3 is 3.00 bits per heavy atom. The molecule has 1 aliphatic heterocycles. The van der Waals surface area contributed by atoms with E-state index in [0.29, 0.717) is 13.2 Å². The number of rotatable bonds is 3. The first-order valence-electron chi connectivity index (χ1n) is 5.37. The lowest BCUT2D eigenvalue weighted by Gasteiger charge is -2.33. The smallest absolute Gasteiger partial charge is 0.124 e. The summed E-state index contributed by atoms with van der Waals surface area (Å²) in [6, 6.07) is 8.34. The standard InChI is InChI=1S/C12H17NO2/c1-3-14-11-8-15-10-7-5-4-6-9(10)12(11)13-2/h4-7,11-13H,3,8H2,1-2H3. The van der Waals surface area contributed by atoms with Crippen molar-refractivity contribution in [3.05, 3.63) is 29.8 Å². The molecular formula is C12H17NO2. The topological polar surface area (TPSA) is 30.5 Å². The summed E-state index contributed by atoms with van der Waals surface area (Å²) in [5.74, 6) is 0.966. The van der Waals surface area contributed by atoms with Crippen molar-refractivity contribution in [2.75, 3.05) is 20.3 Å². The Balaban J connectivity index is 2.26. The Morgan fingerprint density at radius 1 is 1.47 bits per heavy atom. The summed E-state index contributed by atoms with van der Waals surface area (Å²) in [4.78, 5) is 0. The van der Waals surface area contributed by atoms with Crippen molar-refractivity contribution in [2.24, 2.45) is 0 Å². The van der Waals surface area contributed by atoms with E-state index in [0.717, 1.165) is 5.75 Å². The maximum atomic E-state index is 5.66. The highest BCUT2D eigenvalue weighted by molar-refractivity contribution is 5.38. The van der Waals surface area contributed by atoms with Crippen molar-refractivity contribution < 1.29 is 9.47 Å². The van der Waals surface area contributed by atoms with Gasteiger partial charge >= 0.3 is 0 Å². The molecule has 0 aliphatic carbocycles. The fourth-order valence-electron chi connectivity index (χ4n) is 2.04. The largest absolute Gasteiger partial charge is 0.490 e. The molecule has 2 atom stereocenters. The van der Waals surface area contributed by atoms with Gasteiger partial charge in [0.15, 0.2) is 0 Å². The molecule has 82 valence electrons. The molecule has 1 aromatic rings. The van der Waals surface area contributed by atoms with Gasteiger partial charge in [0.1, 0.15) is 18.5 Å². The summed E-state index contributed by atoms with van der Waals surface area (Å²) >= 11 is 0. The molecule has 3 heteroatoms. The van der Waals surface area contributed by atoms with Gasteiger partial charge in [-0.25, -0.2) is 0 Å². The van der Waals surface area contributed by atoms with Crippen LogP contribution in [0.25, 0.3) is 0 Å². The zero-order valence-electron chi connectivity index (χ0n) is 9.19. The first kappa shape index (κ1) is 10.5. The van der Waals surface area contributed by atoms with E-state index in [1.165, 1.54) is 5.56 Å². The van der Waals surface area contributed by atoms with Crippen molar-refractivity contribution in [1.82, 2.24) is 5.32 Å². The Hall–Kier alpha value is -1.06. The molecule has 0 saturated heterocycles. The van der Waals surface area contributed by atoms with Crippen molar-refractivity contribution in [2.45, 2.75) is 19.1 Å². The minimum absolute atomic E-state index is 0.106. The molecule has 0 aromatic heterocycles. The molecule has 15 heavy (non-hydrogen) atoms. The van der Waals surface area contributed by atoms with Crippen LogP contribution in [0.15, 0.2) is 24.3 Å². The highest BCUT2D eigenvalue weighted by Crippen LogP contribution is 2.32. The van der Waals surface area contributed by atoms with Gasteiger partial charge in [-0.15, -0.1) is 0 Å². The highest BCUT2D eigenvalue weighted by Gasteiger charge is 2.29. The van der Waals surface area contributed by atoms with E-state index >= 15 is 0 Å². The molecule has 2 rings (SSSR count). The zero-order valence-corrected chi connectivity index (χ0v) is 9.19. The van der Waals surface area contributed by atoms with Gasteiger partial charge in [-0.3, -0.25) is 0 Å². The first-order valence-corrected chi connectivity index (χ1v) is 5.37. The summed E-state index contributed by atoms with van der Waals surface area (Å²) in [7, 11) is 1.96. The van der Waals surface area contributed by atoms with E-state index in [2.05, 4.69) is 11.4 Å². The van der Waals surface area contributed by atoms with Crippen LogP contribution >= 0.6 is 0 Å². The summed E-state index contributed by atoms with van der Waals surface area (Å²) < 4.78 is 11.3. The molecular weight excluding hydrogens is 190 g/mol. The Labute approximate surface area is 90.4 Å². The Kier molecular flexibility index (Phi) is 3.23. The molecule has 0 radical (unpaired) electrons. The molecule has 1 aliphatic rings. The number of para-hydroxylation sites is 1. The van der Waals surface area contributed by atoms with E-state index < -0.39 is 0 Å². The summed E-state index contributed by atoms with van der Waals surface area (Å²) in [5, 5.41) is 3.29. The molecule has 1 heterocycles. The Morgan fingerprint density at radius 2 is 2.27 bits per heavy atom. The predicted octanol–water partition coefficient (Wildman–Crippen LogP) is 1.74. The van der Waals surface area contributed by atoms with Crippen molar-refractivity contribution in [3.63, 3.8) is 0 Å². The van der Waals surface area contributed by atoms with Crippen LogP contribution in [0, 0.1) is 0 Å². The van der Waals surface area contributed by atoms with Crippen LogP contribution in [0.1, 0.15) is 18.5 Å². The van der Waals surface area contributed by atoms with Gasteiger partial charge < -0.3 is 14.8 Å². The van der Waals surface area contributed by atoms with Gasteiger partial charge in [-0.05, 0) is 20.0 Å². The van der Waals surface area contributed by atoms with E-state index in [1.807, 2.05) is 32.2 Å². The van der Waals surface area contributed by atoms with Crippen molar-refractivity contribution in [1.29, 1.82) is 0 Å². The molecule has 2 unspecified atom stereocenters. The van der Waals surface area contributed by atoms with E-state index in [9.17, 15) is 0 Å². The van der Waals surface area contributed by atoms with Gasteiger partial charge in [0.25, 0.3) is 0 Å². The van der Waals surface area contributed by atoms with Gasteiger partial charge in [0.05, 0.1) is 6.04 Å². The molecule has 0 bridgehead atoms. The average Bonchev–Trinajstić information content (AvgIpc) is 2.29. The fourth-order valence-corrected chi connectivity index (χ4v) is 2.04. The maximum Gasteiger partial charge on any atom is 0.124 e. The van der Waals surface area contributed by atoms with Crippen LogP contribution < -0.4 is 10.1 Å². The van der Waals surface area contributed by atoms with Crippen LogP contribution in [0.2, 0.25) is 0 Å². The third-order valence-corrected chi connectivity index (χ3v) is 2.72. The fraction of sp³-hybridized carbons (Fsp3) is 0.500. The molecule has 1 N–H and O–H groups in total. The minimum atomic E-state index is 0.106. The zero-order chi connectivity index (χ0) is 10.7. The number of nitrogens with one attached hydrogen (secondary N) is 1. The third-order valence-electron chi connectivity index (χ3n) is 2.72. The number of likely N-dealkylation sites (N-methyl/N-ethyl adjacent to an activating group) is 1. The van der Waals surface area contributed by atoms with E-state index in [1.54, 1.807) is 0 Å². The molecule has 0 saturated carbocycles. The quantitative estimate of drug-likeness (QED) is 0.819. The molecule has 0 fully saturated rings. The summed E-state index contributed by atoms with van der Waals surface area (Å²) in [6.07, 6.45) is 0.106. The van der Waals surface area contributed by atoms with Gasteiger partial charge in [0, 0.05) is 12.2 Å². The molecule has 1 aromatic carbocycles. The van der Waals surface area contributed by atoms with E-state index in [-0.39, 0.29) is 12.1 Å². The molecule has 0 spiro atoms. The van der Waals surface area contributed by atoms with Crippen LogP contribution in [-0.2, 0) is 4.74 Å². The van der Waals surface area contributed by atoms with Crippen LogP contribution in [0.5, 0.6) is 5.75 Å². The predicted molar refractivity (Wildman–Crippen MR) is 59.2 cm³/mol. The lowest BCUT2D eigenvalue weighted by molar-refractivity contribution is -0.00766. The second kappa shape index (κ2) is 4.64. The molecule has 3 nitrogen and oxygen atoms in total. The van der Waals surface area contributed by atoms with E-state index in [4.69, 9.17) is 9.47 Å². The minimum Gasteiger partial charge on any atom is -0.490 e. The van der Waals surface area contributed by atoms with Crippen molar-refractivity contribution >= 4 is 0 Å². The van der Waals surface area contributed by atoms with Crippen LogP contribution in [0.4, 0.5) is 0 Å². The van der Waals surface area contributed by atoms with Crippen molar-refractivity contribution in [3.8, 4) is 5.75 Å². The van der Waals surface area contributed by atoms with Gasteiger partial charge in [-0.2, -0.15) is 0 Å². The SMILES string of the molecule is CCOC1COc2ccccc2C1NC. The lowest BCUT2D eigenvalue weighted by atomic mass is 9.98. The number of hydrogen-bond donors (Lipinski definition) is 1. The van der Waals surface area contributed by atoms with Gasteiger partial charge in [-0.1, -0.05) is 18.2 Å². The van der Waals surface area contributed by atoms with Gasteiger partial charge in [0.2, 0.25) is 0 Å². The number of fused-ring (bicyclic) bond motifs is 1. The normalized spacial score (nSPS) is 24.4. The monoisotopic (exact) mass is 207 g/mol. The number of ether oxygens (including phenoxy) is 2. The second-order valence-electron chi connectivity index (χ2n) is 3.61. The van der Waals surface area contributed by atoms with Crippen LogP contribution in [0.3, 0.4) is 0 Å². The van der Waals surface area contributed by atoms with Crippen LogP contribution in [-0.4, -0.2) is 26.4 Å². The summed E-state index contributed by atoms with van der Waals surface area (Å²) in [5.41, 5.74) is 1.18. The average molecular weight is 207 g/mol. The molecule has 0 amide bonds. The lowest BCUT2D eigenvalue weighted by Crippen LogP contribution is -2.39. The Bertz CT molecular complexity index is 327. The second-order valence-corrected chi connectivity index (χ2v) is 3.61. The first-order chi connectivity index (χ1) is 7.36. The highest BCUT2D eigenvalue weighted by atomic mass is 16.5. The summed E-state index contributed by atoms with van der Waals surface area (Å²) in [6.45, 7) is 3.35. The number of benzene rings is 1. The third kappa shape index (κ3) is 1.98. The maximum absolute atomic E-state index is 5.66.